The fourth-order valence-electron chi connectivity index (χ4n) is 4.50. The molecule has 1 saturated heterocycles. The zero-order chi connectivity index (χ0) is 20.4. The average Bonchev–Trinajstić information content (AvgIpc) is 3.16. The Morgan fingerprint density at radius 1 is 1.27 bits per heavy atom. The third-order valence-electron chi connectivity index (χ3n) is 6.05. The molecule has 0 bridgehead atoms. The Bertz CT molecular complexity index is 1320. The molecule has 2 fully saturated rings. The van der Waals surface area contributed by atoms with Crippen LogP contribution < -0.4 is 10.5 Å². The molecular weight excluding hydrogens is 408 g/mol. The van der Waals surface area contributed by atoms with Gasteiger partial charge in [-0.2, -0.15) is 4.98 Å². The highest BCUT2D eigenvalue weighted by molar-refractivity contribution is 6.30. The lowest BCUT2D eigenvalue weighted by Crippen LogP contribution is -2.23. The molecule has 30 heavy (non-hydrogen) atoms. The average molecular weight is 425 g/mol. The summed E-state index contributed by atoms with van der Waals surface area (Å²) in [4.78, 5) is 23.7. The van der Waals surface area contributed by atoms with E-state index in [1.54, 1.807) is 7.05 Å². The molecule has 1 aliphatic carbocycles. The summed E-state index contributed by atoms with van der Waals surface area (Å²) >= 11 is 6.11. The molecular formula is C19H17ClN8O2. The maximum atomic E-state index is 12.6. The van der Waals surface area contributed by atoms with Crippen LogP contribution in [0.2, 0.25) is 5.02 Å². The van der Waals surface area contributed by atoms with E-state index in [4.69, 9.17) is 16.1 Å². The van der Waals surface area contributed by atoms with Crippen LogP contribution in [0.5, 0.6) is 0 Å². The Kier molecular flexibility index (Phi) is 3.73. The molecule has 1 unspecified atom stereocenters. The smallest absolute Gasteiger partial charge is 0.281 e. The summed E-state index contributed by atoms with van der Waals surface area (Å²) in [7, 11) is 1.66. The number of piperidine rings is 1. The quantitative estimate of drug-likeness (QED) is 0.484. The van der Waals surface area contributed by atoms with Gasteiger partial charge in [0.15, 0.2) is 11.3 Å². The van der Waals surface area contributed by atoms with Crippen LogP contribution in [-0.2, 0) is 13.6 Å². The topological polar surface area (TPSA) is 108 Å². The molecule has 10 nitrogen and oxygen atoms in total. The zero-order valence-corrected chi connectivity index (χ0v) is 16.8. The molecule has 4 heterocycles. The zero-order valence-electron chi connectivity index (χ0n) is 16.0. The largest absolute Gasteiger partial charge is 0.371 e. The van der Waals surface area contributed by atoms with Gasteiger partial charge in [0, 0.05) is 36.8 Å². The second-order valence-electron chi connectivity index (χ2n) is 7.85. The highest BCUT2D eigenvalue weighted by atomic mass is 35.5. The third kappa shape index (κ3) is 2.71. The number of aryl methyl sites for hydroxylation is 1. The van der Waals surface area contributed by atoms with Crippen molar-refractivity contribution in [1.29, 1.82) is 0 Å². The van der Waals surface area contributed by atoms with Gasteiger partial charge in [-0.3, -0.25) is 9.36 Å². The first kappa shape index (κ1) is 17.6. The van der Waals surface area contributed by atoms with E-state index >= 15 is 0 Å². The number of nitrogens with zero attached hydrogens (tertiary/aromatic N) is 8. The summed E-state index contributed by atoms with van der Waals surface area (Å²) in [6.07, 6.45) is 1.43. The van der Waals surface area contributed by atoms with Crippen molar-refractivity contribution in [3.8, 4) is 0 Å². The highest BCUT2D eigenvalue weighted by Crippen LogP contribution is 2.57. The number of hydrogen-bond donors (Lipinski definition) is 0. The predicted octanol–water partition coefficient (Wildman–Crippen LogP) is 1.46. The first-order valence-corrected chi connectivity index (χ1v) is 10.0. The van der Waals surface area contributed by atoms with Gasteiger partial charge in [-0.25, -0.2) is 9.67 Å². The minimum atomic E-state index is -0.243. The molecule has 11 heteroatoms. The molecule has 3 aromatic heterocycles. The van der Waals surface area contributed by atoms with Gasteiger partial charge in [-0.1, -0.05) is 28.0 Å². The first-order chi connectivity index (χ1) is 14.6. The molecule has 152 valence electrons. The van der Waals surface area contributed by atoms with Crippen LogP contribution in [0.25, 0.3) is 11.2 Å². The number of halogens is 1. The van der Waals surface area contributed by atoms with Crippen molar-refractivity contribution >= 4 is 28.5 Å². The minimum absolute atomic E-state index is 0.163. The van der Waals surface area contributed by atoms with Crippen molar-refractivity contribution in [3.05, 3.63) is 57.7 Å². The van der Waals surface area contributed by atoms with Crippen LogP contribution in [0.1, 0.15) is 17.6 Å². The predicted molar refractivity (Wildman–Crippen MR) is 107 cm³/mol. The van der Waals surface area contributed by atoms with Gasteiger partial charge < -0.3 is 9.42 Å². The number of aromatic nitrogens is 7. The molecule has 1 saturated carbocycles. The van der Waals surface area contributed by atoms with Crippen LogP contribution in [0.15, 0.2) is 39.9 Å². The van der Waals surface area contributed by atoms with Crippen molar-refractivity contribution in [2.24, 2.45) is 18.9 Å². The lowest BCUT2D eigenvalue weighted by Gasteiger charge is -2.21. The maximum absolute atomic E-state index is 12.6. The van der Waals surface area contributed by atoms with Crippen molar-refractivity contribution in [2.45, 2.75) is 12.5 Å². The molecule has 1 aliphatic heterocycles. The number of benzene rings is 1. The molecule has 6 rings (SSSR count). The second-order valence-corrected chi connectivity index (χ2v) is 8.28. The Balaban J connectivity index is 1.17. The van der Waals surface area contributed by atoms with Crippen LogP contribution in [0.4, 0.5) is 5.69 Å². The maximum Gasteiger partial charge on any atom is 0.281 e. The van der Waals surface area contributed by atoms with E-state index in [2.05, 4.69) is 36.4 Å². The third-order valence-corrected chi connectivity index (χ3v) is 6.28. The molecule has 3 atom stereocenters. The molecule has 2 aliphatic rings. The van der Waals surface area contributed by atoms with Gasteiger partial charge in [0.2, 0.25) is 11.5 Å². The number of anilines is 1. The molecule has 0 amide bonds. The van der Waals surface area contributed by atoms with Crippen LogP contribution in [-0.4, -0.2) is 47.8 Å². The molecule has 1 aromatic carbocycles. The highest BCUT2D eigenvalue weighted by Gasteiger charge is 2.58. The minimum Gasteiger partial charge on any atom is -0.371 e. The monoisotopic (exact) mass is 424 g/mol. The van der Waals surface area contributed by atoms with Crippen molar-refractivity contribution in [3.63, 3.8) is 0 Å². The fraction of sp³-hybridized carbons (Fsp3) is 0.368. The summed E-state index contributed by atoms with van der Waals surface area (Å²) in [5.74, 6) is 2.43. The van der Waals surface area contributed by atoms with Crippen molar-refractivity contribution < 1.29 is 4.52 Å². The lowest BCUT2D eigenvalue weighted by molar-refractivity contribution is 0.363. The van der Waals surface area contributed by atoms with Gasteiger partial charge in [0.1, 0.15) is 12.9 Å². The van der Waals surface area contributed by atoms with Gasteiger partial charge in [-0.05, 0) is 30.0 Å². The number of fused-ring (bicyclic) bond motifs is 2. The van der Waals surface area contributed by atoms with E-state index in [9.17, 15) is 4.79 Å². The van der Waals surface area contributed by atoms with Gasteiger partial charge in [0.05, 0.1) is 0 Å². The molecule has 0 spiro atoms. The Labute approximate surface area is 175 Å². The fourth-order valence-corrected chi connectivity index (χ4v) is 4.68. The lowest BCUT2D eigenvalue weighted by atomic mass is 10.2. The van der Waals surface area contributed by atoms with Gasteiger partial charge in [0.25, 0.3) is 5.56 Å². The van der Waals surface area contributed by atoms with E-state index in [-0.39, 0.29) is 12.1 Å². The van der Waals surface area contributed by atoms with E-state index < -0.39 is 0 Å². The van der Waals surface area contributed by atoms with E-state index in [1.807, 2.05) is 18.2 Å². The van der Waals surface area contributed by atoms with E-state index in [0.29, 0.717) is 34.8 Å². The second kappa shape index (κ2) is 6.36. The van der Waals surface area contributed by atoms with Crippen LogP contribution in [0.3, 0.4) is 0 Å². The number of rotatable bonds is 4. The van der Waals surface area contributed by atoms with Crippen LogP contribution in [0, 0.1) is 11.8 Å². The Hall–Kier alpha value is -3.27. The Morgan fingerprint density at radius 2 is 2.10 bits per heavy atom. The summed E-state index contributed by atoms with van der Waals surface area (Å²) in [5.41, 5.74) is 1.57. The van der Waals surface area contributed by atoms with Crippen molar-refractivity contribution in [1.82, 2.24) is 34.7 Å². The number of hydrogen-bond acceptors (Lipinski definition) is 8. The molecule has 0 N–H and O–H groups in total. The van der Waals surface area contributed by atoms with E-state index in [1.165, 1.54) is 15.6 Å². The SMILES string of the molecule is Cn1nnc2ncn(Cc3nc(C4[C@H]5CN(c6cccc(Cl)c6)C[C@@H]45)no3)c(=O)c21. The van der Waals surface area contributed by atoms with Crippen LogP contribution >= 0.6 is 11.6 Å². The molecule has 4 aromatic rings. The summed E-state index contributed by atoms with van der Waals surface area (Å²) < 4.78 is 8.27. The first-order valence-electron chi connectivity index (χ1n) is 9.66. The normalized spacial score (nSPS) is 22.6. The Morgan fingerprint density at radius 3 is 2.90 bits per heavy atom. The van der Waals surface area contributed by atoms with Gasteiger partial charge in [-0.15, -0.1) is 5.10 Å². The van der Waals surface area contributed by atoms with Crippen molar-refractivity contribution in [2.75, 3.05) is 18.0 Å². The van der Waals surface area contributed by atoms with E-state index in [0.717, 1.165) is 29.6 Å². The standard InChI is InChI=1S/C19H17ClN8O2/c1-26-16-18(23-25-26)21-9-28(19(16)29)8-14-22-17(24-30-14)15-12-6-27(7-13(12)15)11-4-2-3-10(20)5-11/h2-5,9,12-13,15H,6-8H2,1H3/t12-,13+,15?. The molecule has 0 radical (unpaired) electrons. The summed E-state index contributed by atoms with van der Waals surface area (Å²) in [6.45, 7) is 2.07. The summed E-state index contributed by atoms with van der Waals surface area (Å²) in [6, 6.07) is 7.93. The summed E-state index contributed by atoms with van der Waals surface area (Å²) in [5, 5.41) is 12.6. The van der Waals surface area contributed by atoms with Gasteiger partial charge >= 0.3 is 0 Å².